The Morgan fingerprint density at radius 3 is 1.11 bits per heavy atom. The monoisotopic (exact) mass is 518 g/mol. The Bertz CT molecular complexity index is 570. The zero-order valence-corrected chi connectivity index (χ0v) is 25.9. The lowest BCUT2D eigenvalue weighted by Crippen LogP contribution is -2.22. The van der Waals surface area contributed by atoms with Crippen molar-refractivity contribution in [2.24, 2.45) is 23.7 Å². The molecule has 0 heterocycles. The zero-order valence-electron chi connectivity index (χ0n) is 25.9. The van der Waals surface area contributed by atoms with Crippen molar-refractivity contribution in [3.8, 4) is 0 Å². The molecule has 0 N–H and O–H groups in total. The van der Waals surface area contributed by atoms with Crippen LogP contribution in [0.5, 0.6) is 0 Å². The van der Waals surface area contributed by atoms with Gasteiger partial charge in [0.25, 0.3) is 0 Å². The molecular formula is C28H58N2O6. The van der Waals surface area contributed by atoms with Gasteiger partial charge in [0, 0.05) is 53.9 Å². The summed E-state index contributed by atoms with van der Waals surface area (Å²) in [5.74, 6) is 2.30. The standard InChI is InChI=1S/C8H17NO.C7H15NO.C7H14O2.C6H12O2/c1-7(2)5-6-8(10)9(3)4;1-6(2)5-7(9)8(3)4;1-6(2)4-5-7(8)9-3;1-5(2)4-6(7)8-3/h7H,5-6H2,1-4H3;6H,5H2,1-4H3;6H,4-5H2,1-3H3;5H,4H2,1-3H3. The van der Waals surface area contributed by atoms with E-state index in [0.717, 1.165) is 12.8 Å². The summed E-state index contributed by atoms with van der Waals surface area (Å²) in [4.78, 5) is 46.0. The molecule has 0 aliphatic heterocycles. The van der Waals surface area contributed by atoms with E-state index in [1.807, 2.05) is 27.7 Å². The van der Waals surface area contributed by atoms with E-state index in [9.17, 15) is 19.2 Å². The molecular weight excluding hydrogens is 460 g/mol. The first-order chi connectivity index (χ1) is 16.4. The van der Waals surface area contributed by atoms with Gasteiger partial charge in [-0.05, 0) is 36.5 Å². The van der Waals surface area contributed by atoms with E-state index in [1.54, 1.807) is 38.0 Å². The molecule has 2 amide bonds. The Morgan fingerprint density at radius 2 is 0.889 bits per heavy atom. The minimum absolute atomic E-state index is 0.108. The highest BCUT2D eigenvalue weighted by atomic mass is 16.5. The SMILES string of the molecule is CC(C)CC(=O)N(C)C.CC(C)CCC(=O)N(C)C.COC(=O)CC(C)C.COC(=O)CCC(C)C. The zero-order chi connectivity index (χ0) is 29.4. The summed E-state index contributed by atoms with van der Waals surface area (Å²) in [6.07, 6.45) is 4.34. The van der Waals surface area contributed by atoms with Crippen LogP contribution in [-0.2, 0) is 28.7 Å². The average molecular weight is 519 g/mol. The van der Waals surface area contributed by atoms with E-state index < -0.39 is 0 Å². The molecule has 0 fully saturated rings. The van der Waals surface area contributed by atoms with Crippen LogP contribution < -0.4 is 0 Å². The summed E-state index contributed by atoms with van der Waals surface area (Å²) in [5, 5.41) is 0. The summed E-state index contributed by atoms with van der Waals surface area (Å²) < 4.78 is 8.88. The number of carbonyl (C=O) groups excluding carboxylic acids is 4. The Kier molecular flexibility index (Phi) is 29.6. The lowest BCUT2D eigenvalue weighted by Gasteiger charge is -2.10. The number of hydrogen-bond donors (Lipinski definition) is 0. The maximum absolute atomic E-state index is 11.0. The summed E-state index contributed by atoms with van der Waals surface area (Å²) >= 11 is 0. The molecule has 0 aliphatic carbocycles. The van der Waals surface area contributed by atoms with Crippen LogP contribution in [0, 0.1) is 23.7 Å². The molecule has 0 rings (SSSR count). The smallest absolute Gasteiger partial charge is 0.305 e. The van der Waals surface area contributed by atoms with Gasteiger partial charge in [-0.15, -0.1) is 0 Å². The highest BCUT2D eigenvalue weighted by Gasteiger charge is 2.05. The largest absolute Gasteiger partial charge is 0.469 e. The fourth-order valence-corrected chi connectivity index (χ4v) is 2.09. The fraction of sp³-hybridized carbons (Fsp3) is 0.857. The first kappa shape index (κ1) is 41.0. The molecule has 0 saturated heterocycles. The topological polar surface area (TPSA) is 93.2 Å². The van der Waals surface area contributed by atoms with Gasteiger partial charge in [-0.25, -0.2) is 0 Å². The molecule has 0 atom stereocenters. The molecule has 0 spiro atoms. The molecule has 0 aromatic carbocycles. The van der Waals surface area contributed by atoms with E-state index >= 15 is 0 Å². The van der Waals surface area contributed by atoms with Gasteiger partial charge in [0.15, 0.2) is 0 Å². The summed E-state index contributed by atoms with van der Waals surface area (Å²) in [5.41, 5.74) is 0. The third-order valence-corrected chi connectivity index (χ3v) is 4.47. The summed E-state index contributed by atoms with van der Waals surface area (Å²) in [6.45, 7) is 16.5. The van der Waals surface area contributed by atoms with Crippen LogP contribution in [0.25, 0.3) is 0 Å². The van der Waals surface area contributed by atoms with Crippen molar-refractivity contribution >= 4 is 23.8 Å². The minimum Gasteiger partial charge on any atom is -0.469 e. The number of amides is 2. The van der Waals surface area contributed by atoms with E-state index in [4.69, 9.17) is 0 Å². The molecule has 216 valence electrons. The summed E-state index contributed by atoms with van der Waals surface area (Å²) in [7, 11) is 9.98. The molecule has 0 radical (unpaired) electrons. The number of hydrogen-bond acceptors (Lipinski definition) is 6. The van der Waals surface area contributed by atoms with Crippen LogP contribution in [0.1, 0.15) is 93.9 Å². The van der Waals surface area contributed by atoms with Crippen LogP contribution in [0.2, 0.25) is 0 Å². The van der Waals surface area contributed by atoms with Gasteiger partial charge >= 0.3 is 11.9 Å². The lowest BCUT2D eigenvalue weighted by molar-refractivity contribution is -0.142. The van der Waals surface area contributed by atoms with Crippen LogP contribution in [0.3, 0.4) is 0 Å². The van der Waals surface area contributed by atoms with Crippen molar-refractivity contribution in [1.82, 2.24) is 9.80 Å². The second-order valence-corrected chi connectivity index (χ2v) is 10.8. The Labute approximate surface area is 222 Å². The summed E-state index contributed by atoms with van der Waals surface area (Å²) in [6, 6.07) is 0. The molecule has 8 nitrogen and oxygen atoms in total. The molecule has 0 aliphatic rings. The number of nitrogens with zero attached hydrogens (tertiary/aromatic N) is 2. The maximum atomic E-state index is 11.0. The van der Waals surface area contributed by atoms with Crippen molar-refractivity contribution in [3.05, 3.63) is 0 Å². The van der Waals surface area contributed by atoms with Crippen LogP contribution in [0.4, 0.5) is 0 Å². The number of carbonyl (C=O) groups is 4. The minimum atomic E-state index is -0.125. The molecule has 8 heteroatoms. The van der Waals surface area contributed by atoms with Gasteiger partial charge in [-0.2, -0.15) is 0 Å². The van der Waals surface area contributed by atoms with E-state index in [-0.39, 0.29) is 23.8 Å². The van der Waals surface area contributed by atoms with Crippen LogP contribution >= 0.6 is 0 Å². The normalized spacial score (nSPS) is 9.83. The highest BCUT2D eigenvalue weighted by molar-refractivity contribution is 5.75. The third kappa shape index (κ3) is 39.1. The Hall–Kier alpha value is -2.12. The Balaban J connectivity index is -0.000000190. The van der Waals surface area contributed by atoms with Gasteiger partial charge in [-0.1, -0.05) is 55.4 Å². The first-order valence-corrected chi connectivity index (χ1v) is 12.9. The molecule has 36 heavy (non-hydrogen) atoms. The third-order valence-electron chi connectivity index (χ3n) is 4.47. The van der Waals surface area contributed by atoms with Gasteiger partial charge < -0.3 is 19.3 Å². The van der Waals surface area contributed by atoms with Gasteiger partial charge in [0.05, 0.1) is 14.2 Å². The number of rotatable bonds is 10. The van der Waals surface area contributed by atoms with E-state index in [2.05, 4.69) is 37.2 Å². The molecule has 0 bridgehead atoms. The van der Waals surface area contributed by atoms with Crippen molar-refractivity contribution < 1.29 is 28.7 Å². The molecule has 0 aromatic rings. The Morgan fingerprint density at radius 1 is 0.528 bits per heavy atom. The van der Waals surface area contributed by atoms with E-state index in [1.165, 1.54) is 14.2 Å². The predicted molar refractivity (Wildman–Crippen MR) is 148 cm³/mol. The highest BCUT2D eigenvalue weighted by Crippen LogP contribution is 2.04. The quantitative estimate of drug-likeness (QED) is 0.358. The number of methoxy groups -OCH3 is 2. The average Bonchev–Trinajstić information content (AvgIpc) is 2.75. The van der Waals surface area contributed by atoms with E-state index in [0.29, 0.717) is 49.4 Å². The van der Waals surface area contributed by atoms with Crippen molar-refractivity contribution in [2.75, 3.05) is 42.4 Å². The van der Waals surface area contributed by atoms with Gasteiger partial charge in [-0.3, -0.25) is 19.2 Å². The van der Waals surface area contributed by atoms with Gasteiger partial charge in [0.1, 0.15) is 0 Å². The lowest BCUT2D eigenvalue weighted by atomic mass is 10.1. The van der Waals surface area contributed by atoms with Crippen molar-refractivity contribution in [2.45, 2.75) is 93.9 Å². The molecule has 0 aromatic heterocycles. The van der Waals surface area contributed by atoms with Gasteiger partial charge in [0.2, 0.25) is 11.8 Å². The number of ether oxygens (including phenoxy) is 2. The van der Waals surface area contributed by atoms with Crippen molar-refractivity contribution in [3.63, 3.8) is 0 Å². The van der Waals surface area contributed by atoms with Crippen molar-refractivity contribution in [1.29, 1.82) is 0 Å². The molecule has 0 saturated carbocycles. The molecule has 0 unspecified atom stereocenters. The first-order valence-electron chi connectivity index (χ1n) is 12.9. The fourth-order valence-electron chi connectivity index (χ4n) is 2.09. The number of esters is 2. The van der Waals surface area contributed by atoms with Crippen LogP contribution in [-0.4, -0.2) is 76.0 Å². The second kappa shape index (κ2) is 26.0. The maximum Gasteiger partial charge on any atom is 0.305 e. The predicted octanol–water partition coefficient (Wildman–Crippen LogP) is 5.43. The second-order valence-electron chi connectivity index (χ2n) is 10.8. The van der Waals surface area contributed by atoms with Crippen LogP contribution in [0.15, 0.2) is 0 Å².